The average Bonchev–Trinajstić information content (AvgIpc) is 3.37. The molecule has 1 aliphatic carbocycles. The molecule has 0 bridgehead atoms. The number of hydrogen-bond donors (Lipinski definition) is 7. The van der Waals surface area contributed by atoms with Gasteiger partial charge in [0, 0.05) is 59.9 Å². The number of fused-ring (bicyclic) bond motifs is 3. The number of benzene rings is 7. The number of rotatable bonds is 20. The number of Topliss-reactive ketones (excluding diaryl/α,β-unsaturated/α-hetero) is 1. The van der Waals surface area contributed by atoms with E-state index in [-0.39, 0.29) is 51.0 Å². The van der Waals surface area contributed by atoms with Crippen molar-refractivity contribution in [2.45, 2.75) is 21.6 Å². The lowest BCUT2D eigenvalue weighted by molar-refractivity contribution is -0.432. The predicted octanol–water partition coefficient (Wildman–Crippen LogP) is 12.2. The molecule has 0 saturated carbocycles. The number of nitrogens with two attached hydrogens (primary N) is 1. The first kappa shape index (κ1) is 51.2. The van der Waals surface area contributed by atoms with Crippen LogP contribution < -0.4 is 21.2 Å². The van der Waals surface area contributed by atoms with Crippen molar-refractivity contribution in [2.24, 2.45) is 25.6 Å². The quantitative estimate of drug-likeness (QED) is 0.00931. The number of ether oxygens (including phenoxy) is 1. The molecule has 8 rings (SSSR count). The minimum Gasteiger partial charge on any atom is -0.492 e. The normalized spacial score (nSPS) is 13.3. The zero-order valence-electron chi connectivity index (χ0n) is 36.6. The molecule has 1 aliphatic rings. The molecule has 0 atom stereocenters. The molecule has 8 N–H and O–H groups in total. The Balaban J connectivity index is 1.18. The summed E-state index contributed by atoms with van der Waals surface area (Å²) >= 11 is 1.87. The number of hydrogen-bond acceptors (Lipinski definition) is 24. The fourth-order valence-electron chi connectivity index (χ4n) is 7.07. The number of carbonyl (C=O) groups excluding carboxylic acids is 2. The molecule has 7 aromatic rings. The van der Waals surface area contributed by atoms with Crippen LogP contribution >= 0.6 is 36.1 Å². The van der Waals surface area contributed by atoms with Gasteiger partial charge in [-0.1, -0.05) is 39.4 Å². The van der Waals surface area contributed by atoms with Gasteiger partial charge in [0.1, 0.15) is 17.1 Å². The zero-order valence-corrected chi connectivity index (χ0v) is 39.8. The van der Waals surface area contributed by atoms with Gasteiger partial charge in [0.15, 0.2) is 0 Å². The molecule has 72 heavy (non-hydrogen) atoms. The maximum Gasteiger partial charge on any atom is 0.294 e. The second-order valence-electron chi connectivity index (χ2n) is 14.6. The Hall–Kier alpha value is -7.19. The Morgan fingerprint density at radius 3 is 2.11 bits per heavy atom. The second-order valence-corrected chi connectivity index (χ2v) is 18.3. The number of anilines is 3. The van der Waals surface area contributed by atoms with E-state index < -0.39 is 26.7 Å². The first-order valence-corrected chi connectivity index (χ1v) is 24.1. The second kappa shape index (κ2) is 23.4. The molecular weight excluding hydrogens is 1020 g/mol. The number of nitrogen functional groups attached to an aromatic ring is 1. The van der Waals surface area contributed by atoms with Crippen LogP contribution in [0.2, 0.25) is 0 Å². The first-order chi connectivity index (χ1) is 34.9. The summed E-state index contributed by atoms with van der Waals surface area (Å²) in [6.45, 7) is 1.88. The number of nitrogens with one attached hydrogen (secondary N) is 2. The third kappa shape index (κ3) is 12.1. The lowest BCUT2D eigenvalue weighted by Gasteiger charge is -2.19. The van der Waals surface area contributed by atoms with Crippen LogP contribution in [0.25, 0.3) is 27.6 Å². The summed E-state index contributed by atoms with van der Waals surface area (Å²) in [4.78, 5) is 27.8. The molecule has 368 valence electrons. The molecule has 0 aliphatic heterocycles. The summed E-state index contributed by atoms with van der Waals surface area (Å²) in [5, 5.41) is 64.3. The van der Waals surface area contributed by atoms with E-state index in [1.807, 2.05) is 0 Å². The molecule has 0 fully saturated rings. The maximum atomic E-state index is 14.2. The van der Waals surface area contributed by atoms with E-state index in [9.17, 15) is 22.6 Å². The van der Waals surface area contributed by atoms with Crippen LogP contribution in [-0.4, -0.2) is 52.8 Å². The average molecular weight is 1060 g/mol. The lowest BCUT2D eigenvalue weighted by atomic mass is 9.94. The third-order valence-corrected chi connectivity index (χ3v) is 12.8. The fraction of sp³-hybridized carbons (Fsp3) is 0.0444. The van der Waals surface area contributed by atoms with Gasteiger partial charge in [-0.15, -0.1) is 28.3 Å². The Morgan fingerprint density at radius 1 is 0.694 bits per heavy atom. The number of azo groups is 2. The van der Waals surface area contributed by atoms with Gasteiger partial charge in [-0.2, -0.15) is 18.6 Å². The fourth-order valence-corrected chi connectivity index (χ4v) is 8.88. The van der Waals surface area contributed by atoms with Gasteiger partial charge in [-0.05, 0) is 110 Å². The standard InChI is InChI=1S/C45H34N8O15S4/c1-2-62-40-23-39(51-50-38-16-15-37(33-14-11-31(22-36(33)38)72(59,60)61)49-48-28-7-4-8-29(20-28)69-66-63-56)35-21-30(70-67-64-57)10-13-34(35)42(40)52-53-43-41(71-68-65-58)19-25-18-27(9-12-32(25)44(43)54)47-45(55)24-5-3-6-26(46)17-24/h3-23,52,56-58H,2,46H2,1H3,(H,47,55)(H,59,60,61)/b49-48?,51-50?,53-43-. The van der Waals surface area contributed by atoms with Gasteiger partial charge in [-0.25, -0.2) is 15.8 Å². The van der Waals surface area contributed by atoms with E-state index in [0.29, 0.717) is 83.9 Å². The molecule has 0 saturated heterocycles. The molecule has 0 radical (unpaired) electrons. The van der Waals surface area contributed by atoms with Crippen LogP contribution in [0.1, 0.15) is 33.2 Å². The Bertz CT molecular complexity index is 3470. The van der Waals surface area contributed by atoms with Crippen LogP contribution in [0.5, 0.6) is 5.75 Å². The Morgan fingerprint density at radius 2 is 1.38 bits per heavy atom. The van der Waals surface area contributed by atoms with Gasteiger partial charge in [0.05, 0.1) is 75.3 Å². The zero-order chi connectivity index (χ0) is 50.8. The molecule has 23 nitrogen and oxygen atoms in total. The van der Waals surface area contributed by atoms with Gasteiger partial charge >= 0.3 is 0 Å². The SMILES string of the molecule is CCOc1cc(N=Nc2ccc(N=Nc3cccc(SOOO)c3)c3ccc(S(=O)(=O)O)cc23)c2cc(SOOO)ccc2c1N/N=C1\C(=O)c2ccc(NC(=O)c3cccc(N)c3)cc2C=C1SOOO. The van der Waals surface area contributed by atoms with Crippen molar-refractivity contribution in [3.63, 3.8) is 0 Å². The highest BCUT2D eigenvalue weighted by Gasteiger charge is 2.29. The van der Waals surface area contributed by atoms with Gasteiger partial charge in [0.2, 0.25) is 5.78 Å². The number of hydrazone groups is 1. The van der Waals surface area contributed by atoms with E-state index in [0.717, 1.165) is 12.0 Å². The van der Waals surface area contributed by atoms with Crippen molar-refractivity contribution in [3.05, 3.63) is 143 Å². The van der Waals surface area contributed by atoms with Gasteiger partial charge in [-0.3, -0.25) is 19.6 Å². The molecule has 27 heteroatoms. The minimum atomic E-state index is -4.68. The van der Waals surface area contributed by atoms with E-state index in [2.05, 4.69) is 55.7 Å². The number of ketones is 1. The monoisotopic (exact) mass is 1050 g/mol. The number of carbonyl (C=O) groups is 2. The topological polar surface area (TPSA) is 326 Å². The predicted molar refractivity (Wildman–Crippen MR) is 266 cm³/mol. The Kier molecular flexibility index (Phi) is 16.6. The minimum absolute atomic E-state index is 0.0888. The molecule has 0 aromatic heterocycles. The van der Waals surface area contributed by atoms with Crippen LogP contribution in [0, 0.1) is 0 Å². The van der Waals surface area contributed by atoms with Gasteiger partial charge in [0.25, 0.3) is 16.0 Å². The highest BCUT2D eigenvalue weighted by molar-refractivity contribution is 7.99. The summed E-state index contributed by atoms with van der Waals surface area (Å²) in [7, 11) is -4.68. The van der Waals surface area contributed by atoms with Crippen LogP contribution in [0.4, 0.5) is 39.8 Å². The summed E-state index contributed by atoms with van der Waals surface area (Å²) in [5.41, 5.74) is 11.6. The van der Waals surface area contributed by atoms with Crippen LogP contribution in [0.15, 0.2) is 166 Å². The summed E-state index contributed by atoms with van der Waals surface area (Å²) in [6, 6.07) is 31.0. The Labute approximate surface area is 419 Å². The van der Waals surface area contributed by atoms with Crippen LogP contribution in [0.3, 0.4) is 0 Å². The van der Waals surface area contributed by atoms with Crippen molar-refractivity contribution in [1.29, 1.82) is 0 Å². The van der Waals surface area contributed by atoms with Crippen molar-refractivity contribution < 1.29 is 71.2 Å². The molecular formula is C45H34N8O15S4. The highest BCUT2D eigenvalue weighted by atomic mass is 32.2. The van der Waals surface area contributed by atoms with Crippen LogP contribution in [-0.2, 0) is 38.2 Å². The molecule has 0 spiro atoms. The van der Waals surface area contributed by atoms with E-state index >= 15 is 0 Å². The molecule has 0 unspecified atom stereocenters. The van der Waals surface area contributed by atoms with E-state index in [1.165, 1.54) is 42.5 Å². The third-order valence-electron chi connectivity index (χ3n) is 10.1. The van der Waals surface area contributed by atoms with Crippen molar-refractivity contribution in [2.75, 3.05) is 23.1 Å². The molecule has 7 aromatic carbocycles. The van der Waals surface area contributed by atoms with Crippen molar-refractivity contribution in [1.82, 2.24) is 0 Å². The van der Waals surface area contributed by atoms with E-state index in [4.69, 9.17) is 34.9 Å². The number of amides is 1. The van der Waals surface area contributed by atoms with Gasteiger partial charge < -0.3 is 15.8 Å². The molecule has 1 amide bonds. The summed E-state index contributed by atoms with van der Waals surface area (Å²) in [5.74, 6) is -0.825. The van der Waals surface area contributed by atoms with Crippen molar-refractivity contribution in [3.8, 4) is 5.75 Å². The lowest BCUT2D eigenvalue weighted by Crippen LogP contribution is -2.22. The number of nitrogens with zero attached hydrogens (tertiary/aromatic N) is 5. The molecule has 0 heterocycles. The summed E-state index contributed by atoms with van der Waals surface area (Å²) in [6.07, 6.45) is 1.54. The number of allylic oxidation sites excluding steroid dienone is 1. The van der Waals surface area contributed by atoms with Crippen molar-refractivity contribution >= 4 is 131 Å². The largest absolute Gasteiger partial charge is 0.492 e. The highest BCUT2D eigenvalue weighted by Crippen LogP contribution is 2.44. The van der Waals surface area contributed by atoms with E-state index in [1.54, 1.807) is 91.9 Å². The maximum absolute atomic E-state index is 14.2. The smallest absolute Gasteiger partial charge is 0.294 e. The summed E-state index contributed by atoms with van der Waals surface area (Å²) < 4.78 is 54.7. The first-order valence-electron chi connectivity index (χ1n) is 20.4.